The van der Waals surface area contributed by atoms with Gasteiger partial charge in [-0.25, -0.2) is 5.43 Å². The molecule has 0 aromatic heterocycles. The highest BCUT2D eigenvalue weighted by Crippen LogP contribution is 2.26. The number of aryl methyl sites for hydroxylation is 1. The summed E-state index contributed by atoms with van der Waals surface area (Å²) in [6, 6.07) is 14.1. The lowest BCUT2D eigenvalue weighted by molar-refractivity contribution is -0.384. The number of benzene rings is 2. The molecule has 0 radical (unpaired) electrons. The molecule has 0 unspecified atom stereocenters. The van der Waals surface area contributed by atoms with E-state index >= 15 is 0 Å². The fraction of sp³-hybridized carbons (Fsp3) is 0.222. The number of para-hydroxylation sites is 1. The predicted octanol–water partition coefficient (Wildman–Crippen LogP) is 2.50. The number of carbonyl (C=O) groups is 1. The first-order valence-electron chi connectivity index (χ1n) is 8.03. The van der Waals surface area contributed by atoms with Gasteiger partial charge >= 0.3 is 0 Å². The molecule has 1 N–H and O–H groups in total. The van der Waals surface area contributed by atoms with Gasteiger partial charge in [-0.15, -0.1) is 0 Å². The van der Waals surface area contributed by atoms with Crippen LogP contribution >= 0.6 is 0 Å². The highest BCUT2D eigenvalue weighted by molar-refractivity contribution is 5.85. The second-order valence-corrected chi connectivity index (χ2v) is 5.80. The summed E-state index contributed by atoms with van der Waals surface area (Å²) < 4.78 is 0. The largest absolute Gasteiger partial charge is 0.362 e. The average molecular weight is 338 g/mol. The van der Waals surface area contributed by atoms with Crippen molar-refractivity contribution in [3.63, 3.8) is 0 Å². The monoisotopic (exact) mass is 338 g/mol. The van der Waals surface area contributed by atoms with Crippen LogP contribution in [0.25, 0.3) is 0 Å². The van der Waals surface area contributed by atoms with Crippen molar-refractivity contribution in [1.82, 2.24) is 5.43 Å². The van der Waals surface area contributed by atoms with Crippen molar-refractivity contribution in [3.8, 4) is 0 Å². The molecule has 2 aromatic rings. The standard InChI is InChI=1S/C18H18N4O3/c23-18(13-21-10-4-7-15-6-1-2-9-17(15)21)20-19-12-14-5-3-8-16(11-14)22(24)25/h1-3,5-6,8-9,11-12H,4,7,10,13H2,(H,20,23)/b19-12+. The molecule has 0 aliphatic carbocycles. The number of nitrogens with zero attached hydrogens (tertiary/aromatic N) is 3. The third-order valence-corrected chi connectivity index (χ3v) is 4.02. The minimum absolute atomic E-state index is 0.0137. The molecule has 1 aliphatic heterocycles. The molecule has 7 nitrogen and oxygen atoms in total. The van der Waals surface area contributed by atoms with E-state index in [0.717, 1.165) is 25.1 Å². The minimum atomic E-state index is -0.469. The summed E-state index contributed by atoms with van der Waals surface area (Å²) in [5.74, 6) is -0.224. The molecule has 1 aliphatic rings. The van der Waals surface area contributed by atoms with Gasteiger partial charge in [0.05, 0.1) is 17.7 Å². The molecule has 0 bridgehead atoms. The number of hydrogen-bond donors (Lipinski definition) is 1. The third-order valence-electron chi connectivity index (χ3n) is 4.02. The van der Waals surface area contributed by atoms with Gasteiger partial charge in [-0.3, -0.25) is 14.9 Å². The van der Waals surface area contributed by atoms with Crippen LogP contribution in [0.3, 0.4) is 0 Å². The number of non-ortho nitro benzene ring substituents is 1. The lowest BCUT2D eigenvalue weighted by Crippen LogP contribution is -2.38. The molecular formula is C18H18N4O3. The van der Waals surface area contributed by atoms with Crippen LogP contribution in [0.1, 0.15) is 17.5 Å². The summed E-state index contributed by atoms with van der Waals surface area (Å²) in [6.07, 6.45) is 3.44. The first kappa shape index (κ1) is 16.6. The van der Waals surface area contributed by atoms with E-state index < -0.39 is 4.92 Å². The minimum Gasteiger partial charge on any atom is -0.362 e. The fourth-order valence-electron chi connectivity index (χ4n) is 2.88. The van der Waals surface area contributed by atoms with Crippen LogP contribution in [0.4, 0.5) is 11.4 Å². The molecule has 0 saturated carbocycles. The molecular weight excluding hydrogens is 320 g/mol. The number of nitro benzene ring substituents is 1. The van der Waals surface area contributed by atoms with Crippen molar-refractivity contribution in [2.24, 2.45) is 5.10 Å². The maximum atomic E-state index is 12.1. The van der Waals surface area contributed by atoms with E-state index in [1.54, 1.807) is 12.1 Å². The molecule has 0 spiro atoms. The van der Waals surface area contributed by atoms with Crippen LogP contribution < -0.4 is 10.3 Å². The topological polar surface area (TPSA) is 87.8 Å². The Bertz CT molecular complexity index is 819. The number of hydrazone groups is 1. The van der Waals surface area contributed by atoms with Gasteiger partial charge in [-0.2, -0.15) is 5.10 Å². The Kier molecular flexibility index (Phi) is 5.03. The van der Waals surface area contributed by atoms with E-state index in [-0.39, 0.29) is 18.1 Å². The maximum absolute atomic E-state index is 12.1. The zero-order chi connectivity index (χ0) is 17.6. The number of nitrogens with one attached hydrogen (secondary N) is 1. The van der Waals surface area contributed by atoms with Crippen LogP contribution in [0.15, 0.2) is 53.6 Å². The Morgan fingerprint density at radius 3 is 2.96 bits per heavy atom. The summed E-state index contributed by atoms with van der Waals surface area (Å²) in [5.41, 5.74) is 5.36. The van der Waals surface area contributed by atoms with Crippen LogP contribution in [0.5, 0.6) is 0 Å². The Hall–Kier alpha value is -3.22. The van der Waals surface area contributed by atoms with Crippen molar-refractivity contribution >= 4 is 23.5 Å². The fourth-order valence-corrected chi connectivity index (χ4v) is 2.88. The second-order valence-electron chi connectivity index (χ2n) is 5.80. The molecule has 128 valence electrons. The molecule has 25 heavy (non-hydrogen) atoms. The molecule has 0 saturated heterocycles. The zero-order valence-corrected chi connectivity index (χ0v) is 13.6. The zero-order valence-electron chi connectivity index (χ0n) is 13.6. The van der Waals surface area contributed by atoms with Gasteiger partial charge in [0.25, 0.3) is 11.6 Å². The van der Waals surface area contributed by atoms with Gasteiger partial charge < -0.3 is 4.90 Å². The van der Waals surface area contributed by atoms with Gasteiger partial charge in [0.2, 0.25) is 0 Å². The van der Waals surface area contributed by atoms with Gasteiger partial charge in [-0.1, -0.05) is 30.3 Å². The molecule has 2 aromatic carbocycles. The molecule has 3 rings (SSSR count). The van der Waals surface area contributed by atoms with E-state index in [1.165, 1.54) is 23.9 Å². The van der Waals surface area contributed by atoms with Gasteiger partial charge in [0, 0.05) is 29.9 Å². The lowest BCUT2D eigenvalue weighted by atomic mass is 10.0. The number of fused-ring (bicyclic) bond motifs is 1. The lowest BCUT2D eigenvalue weighted by Gasteiger charge is -2.30. The van der Waals surface area contributed by atoms with Crippen LogP contribution in [-0.4, -0.2) is 30.1 Å². The SMILES string of the molecule is O=C(CN1CCCc2ccccc21)N/N=C/c1cccc([N+](=O)[O-])c1. The highest BCUT2D eigenvalue weighted by Gasteiger charge is 2.18. The summed E-state index contributed by atoms with van der Waals surface area (Å²) in [6.45, 7) is 1.06. The number of hydrogen-bond acceptors (Lipinski definition) is 5. The molecule has 0 atom stereocenters. The van der Waals surface area contributed by atoms with Gasteiger partial charge in [0.1, 0.15) is 0 Å². The Labute approximate surface area is 145 Å². The molecule has 1 amide bonds. The van der Waals surface area contributed by atoms with Crippen LogP contribution in [-0.2, 0) is 11.2 Å². The van der Waals surface area contributed by atoms with Crippen molar-refractivity contribution in [2.75, 3.05) is 18.0 Å². The normalized spacial score (nSPS) is 13.5. The van der Waals surface area contributed by atoms with E-state index in [0.29, 0.717) is 5.56 Å². The first-order valence-corrected chi connectivity index (χ1v) is 8.03. The van der Waals surface area contributed by atoms with Crippen LogP contribution in [0, 0.1) is 10.1 Å². The Balaban J connectivity index is 1.59. The molecule has 0 fully saturated rings. The smallest absolute Gasteiger partial charge is 0.270 e. The summed E-state index contributed by atoms with van der Waals surface area (Å²) in [4.78, 5) is 24.4. The van der Waals surface area contributed by atoms with E-state index in [4.69, 9.17) is 0 Å². The number of carbonyl (C=O) groups excluding carboxylic acids is 1. The van der Waals surface area contributed by atoms with E-state index in [2.05, 4.69) is 16.6 Å². The van der Waals surface area contributed by atoms with Crippen LogP contribution in [0.2, 0.25) is 0 Å². The first-order chi connectivity index (χ1) is 12.1. The Morgan fingerprint density at radius 1 is 1.28 bits per heavy atom. The average Bonchev–Trinajstić information content (AvgIpc) is 2.62. The van der Waals surface area contributed by atoms with Crippen molar-refractivity contribution in [2.45, 2.75) is 12.8 Å². The quantitative estimate of drug-likeness (QED) is 0.515. The van der Waals surface area contributed by atoms with E-state index in [9.17, 15) is 14.9 Å². The molecule has 7 heteroatoms. The summed E-state index contributed by atoms with van der Waals surface area (Å²) >= 11 is 0. The third kappa shape index (κ3) is 4.20. The second kappa shape index (κ2) is 7.57. The summed E-state index contributed by atoms with van der Waals surface area (Å²) in [5, 5.41) is 14.6. The van der Waals surface area contributed by atoms with Gasteiger partial charge in [-0.05, 0) is 24.5 Å². The predicted molar refractivity (Wildman–Crippen MR) is 95.8 cm³/mol. The van der Waals surface area contributed by atoms with Crippen molar-refractivity contribution < 1.29 is 9.72 Å². The highest BCUT2D eigenvalue weighted by atomic mass is 16.6. The van der Waals surface area contributed by atoms with Crippen molar-refractivity contribution in [1.29, 1.82) is 0 Å². The van der Waals surface area contributed by atoms with E-state index in [1.807, 2.05) is 23.1 Å². The number of amides is 1. The van der Waals surface area contributed by atoms with Gasteiger partial charge in [0.15, 0.2) is 0 Å². The molecule has 1 heterocycles. The summed E-state index contributed by atoms with van der Waals surface area (Å²) in [7, 11) is 0. The number of rotatable bonds is 5. The number of nitro groups is 1. The van der Waals surface area contributed by atoms with Crippen molar-refractivity contribution in [3.05, 3.63) is 69.8 Å². The Morgan fingerprint density at radius 2 is 2.12 bits per heavy atom. The maximum Gasteiger partial charge on any atom is 0.270 e. The number of anilines is 1.